The van der Waals surface area contributed by atoms with Gasteiger partial charge in [-0.25, -0.2) is 0 Å². The van der Waals surface area contributed by atoms with E-state index in [0.717, 1.165) is 17.9 Å². The van der Waals surface area contributed by atoms with E-state index < -0.39 is 0 Å². The first kappa shape index (κ1) is 20.2. The fraction of sp³-hybridized carbons (Fsp3) is 0.632. The molecule has 21 heavy (non-hydrogen) atoms. The Morgan fingerprint density at radius 3 is 2.43 bits per heavy atom. The van der Waals surface area contributed by atoms with Crippen molar-refractivity contribution < 1.29 is 0 Å². The maximum Gasteiger partial charge on any atom is 0.0253 e. The van der Waals surface area contributed by atoms with Crippen molar-refractivity contribution in [2.45, 2.75) is 59.8 Å². The van der Waals surface area contributed by atoms with Gasteiger partial charge in [0.05, 0.1) is 0 Å². The number of nitrogens with one attached hydrogen (secondary N) is 1. The van der Waals surface area contributed by atoms with Crippen LogP contribution in [-0.2, 0) is 6.42 Å². The summed E-state index contributed by atoms with van der Waals surface area (Å²) in [4.78, 5) is 0. The molecule has 0 atom stereocenters. The summed E-state index contributed by atoms with van der Waals surface area (Å²) >= 11 is 1.93. The SMILES string of the molecule is CCCCSC.Cc1ccc(CCCC(C)C)cc1C=N. The summed E-state index contributed by atoms with van der Waals surface area (Å²) < 4.78 is 0. The molecular weight excluding hydrogens is 274 g/mol. The molecule has 1 aromatic carbocycles. The van der Waals surface area contributed by atoms with Gasteiger partial charge in [0.25, 0.3) is 0 Å². The maximum absolute atomic E-state index is 7.30. The van der Waals surface area contributed by atoms with E-state index in [9.17, 15) is 0 Å². The van der Waals surface area contributed by atoms with Crippen LogP contribution in [0.3, 0.4) is 0 Å². The van der Waals surface area contributed by atoms with Gasteiger partial charge >= 0.3 is 0 Å². The number of unbranched alkanes of at least 4 members (excludes halogenated alkanes) is 1. The van der Waals surface area contributed by atoms with Gasteiger partial charge in [-0.1, -0.05) is 45.7 Å². The first-order chi connectivity index (χ1) is 10.0. The fourth-order valence-electron chi connectivity index (χ4n) is 2.00. The van der Waals surface area contributed by atoms with E-state index >= 15 is 0 Å². The lowest BCUT2D eigenvalue weighted by atomic mass is 9.99. The zero-order valence-electron chi connectivity index (χ0n) is 14.5. The van der Waals surface area contributed by atoms with E-state index in [1.165, 1.54) is 48.8 Å². The van der Waals surface area contributed by atoms with E-state index in [1.807, 2.05) is 11.8 Å². The molecule has 0 unspecified atom stereocenters. The summed E-state index contributed by atoms with van der Waals surface area (Å²) in [6, 6.07) is 6.44. The van der Waals surface area contributed by atoms with Crippen LogP contribution in [0.5, 0.6) is 0 Å². The van der Waals surface area contributed by atoms with Crippen LogP contribution in [0.15, 0.2) is 18.2 Å². The summed E-state index contributed by atoms with van der Waals surface area (Å²) in [5.74, 6) is 2.12. The van der Waals surface area contributed by atoms with Crippen LogP contribution in [0.2, 0.25) is 0 Å². The minimum atomic E-state index is 0.789. The van der Waals surface area contributed by atoms with E-state index in [2.05, 4.69) is 52.1 Å². The highest BCUT2D eigenvalue weighted by Crippen LogP contribution is 2.13. The molecule has 2 heteroatoms. The molecule has 0 aliphatic heterocycles. The highest BCUT2D eigenvalue weighted by Gasteiger charge is 1.99. The van der Waals surface area contributed by atoms with Gasteiger partial charge in [0.2, 0.25) is 0 Å². The number of benzene rings is 1. The third kappa shape index (κ3) is 10.6. The van der Waals surface area contributed by atoms with E-state index in [4.69, 9.17) is 5.41 Å². The Hall–Kier alpha value is -0.760. The lowest BCUT2D eigenvalue weighted by molar-refractivity contribution is 0.556. The highest BCUT2D eigenvalue weighted by molar-refractivity contribution is 7.98. The molecule has 1 N–H and O–H groups in total. The molecule has 0 aliphatic carbocycles. The summed E-state index contributed by atoms with van der Waals surface area (Å²) in [7, 11) is 0. The van der Waals surface area contributed by atoms with Gasteiger partial charge in [-0.05, 0) is 66.9 Å². The predicted molar refractivity (Wildman–Crippen MR) is 100 cm³/mol. The molecule has 120 valence electrons. The lowest BCUT2D eigenvalue weighted by Gasteiger charge is -2.06. The smallest absolute Gasteiger partial charge is 0.0253 e. The second-order valence-corrected chi connectivity index (χ2v) is 6.95. The summed E-state index contributed by atoms with van der Waals surface area (Å²) in [6.45, 7) is 8.80. The number of hydrogen-bond donors (Lipinski definition) is 1. The molecule has 0 fully saturated rings. The highest BCUT2D eigenvalue weighted by atomic mass is 32.2. The molecule has 0 heterocycles. The van der Waals surface area contributed by atoms with Crippen LogP contribution in [0, 0.1) is 18.3 Å². The zero-order valence-corrected chi connectivity index (χ0v) is 15.4. The van der Waals surface area contributed by atoms with Crippen molar-refractivity contribution >= 4 is 18.0 Å². The molecule has 0 aromatic heterocycles. The van der Waals surface area contributed by atoms with Gasteiger partial charge < -0.3 is 5.41 Å². The molecule has 0 saturated heterocycles. The number of aryl methyl sites for hydroxylation is 2. The van der Waals surface area contributed by atoms with Crippen LogP contribution < -0.4 is 0 Å². The van der Waals surface area contributed by atoms with Crippen LogP contribution in [-0.4, -0.2) is 18.2 Å². The Bertz CT molecular complexity index is 381. The van der Waals surface area contributed by atoms with E-state index in [1.54, 1.807) is 0 Å². The van der Waals surface area contributed by atoms with Gasteiger partial charge in [-0.15, -0.1) is 0 Å². The first-order valence-electron chi connectivity index (χ1n) is 8.14. The number of rotatable bonds is 8. The Morgan fingerprint density at radius 1 is 1.24 bits per heavy atom. The van der Waals surface area contributed by atoms with Crippen molar-refractivity contribution in [3.8, 4) is 0 Å². The maximum atomic E-state index is 7.30. The van der Waals surface area contributed by atoms with Gasteiger partial charge in [0.15, 0.2) is 0 Å². The van der Waals surface area contributed by atoms with Crippen LogP contribution in [0.25, 0.3) is 0 Å². The van der Waals surface area contributed by atoms with Crippen molar-refractivity contribution in [1.82, 2.24) is 0 Å². The predicted octanol–water partition coefficient (Wildman–Crippen LogP) is 6.12. The van der Waals surface area contributed by atoms with Crippen LogP contribution >= 0.6 is 11.8 Å². The average molecular weight is 308 g/mol. The zero-order chi connectivity index (χ0) is 16.1. The Labute approximate surface area is 136 Å². The van der Waals surface area contributed by atoms with Crippen molar-refractivity contribution in [2.75, 3.05) is 12.0 Å². The largest absolute Gasteiger partial charge is 0.308 e. The summed E-state index contributed by atoms with van der Waals surface area (Å²) in [5, 5.41) is 7.30. The normalized spacial score (nSPS) is 10.2. The molecule has 1 aromatic rings. The molecule has 0 bridgehead atoms. The van der Waals surface area contributed by atoms with Crippen molar-refractivity contribution in [3.63, 3.8) is 0 Å². The molecule has 1 rings (SSSR count). The Balaban J connectivity index is 0.000000567. The third-order valence-electron chi connectivity index (χ3n) is 3.45. The summed E-state index contributed by atoms with van der Waals surface area (Å²) in [6.07, 6.45) is 9.98. The minimum absolute atomic E-state index is 0.789. The topological polar surface area (TPSA) is 23.9 Å². The molecule has 0 amide bonds. The molecule has 0 spiro atoms. The van der Waals surface area contributed by atoms with Gasteiger partial charge in [-0.3, -0.25) is 0 Å². The molecule has 0 aliphatic rings. The molecule has 0 radical (unpaired) electrons. The van der Waals surface area contributed by atoms with E-state index in [-0.39, 0.29) is 0 Å². The Kier molecular flexibility index (Phi) is 12.5. The minimum Gasteiger partial charge on any atom is -0.308 e. The standard InChI is InChI=1S/C14H21N.C5H12S/c1-11(2)5-4-6-13-8-7-12(3)14(9-13)10-15;1-3-4-5-6-2/h7-11,15H,4-6H2,1-3H3;3-5H2,1-2H3. The number of hydrogen-bond acceptors (Lipinski definition) is 2. The average Bonchev–Trinajstić information content (AvgIpc) is 2.47. The monoisotopic (exact) mass is 307 g/mol. The lowest BCUT2D eigenvalue weighted by Crippen LogP contribution is -1.93. The van der Waals surface area contributed by atoms with E-state index in [0.29, 0.717) is 0 Å². The molecule has 0 saturated carbocycles. The van der Waals surface area contributed by atoms with Gasteiger partial charge in [0.1, 0.15) is 0 Å². The molecular formula is C19H33NS. The van der Waals surface area contributed by atoms with Crippen molar-refractivity contribution in [2.24, 2.45) is 5.92 Å². The molecule has 1 nitrogen and oxygen atoms in total. The van der Waals surface area contributed by atoms with Gasteiger partial charge in [0, 0.05) is 6.21 Å². The van der Waals surface area contributed by atoms with Crippen molar-refractivity contribution in [3.05, 3.63) is 34.9 Å². The van der Waals surface area contributed by atoms with Crippen LogP contribution in [0.4, 0.5) is 0 Å². The fourth-order valence-corrected chi connectivity index (χ4v) is 2.58. The number of thioether (sulfide) groups is 1. The Morgan fingerprint density at radius 2 is 1.95 bits per heavy atom. The van der Waals surface area contributed by atoms with Crippen LogP contribution in [0.1, 0.15) is 63.1 Å². The second-order valence-electron chi connectivity index (χ2n) is 5.97. The third-order valence-corrected chi connectivity index (χ3v) is 4.15. The quantitative estimate of drug-likeness (QED) is 0.454. The summed E-state index contributed by atoms with van der Waals surface area (Å²) in [5.41, 5.74) is 3.61. The van der Waals surface area contributed by atoms with Crippen molar-refractivity contribution in [1.29, 1.82) is 5.41 Å². The van der Waals surface area contributed by atoms with Gasteiger partial charge in [-0.2, -0.15) is 11.8 Å². The first-order valence-corrected chi connectivity index (χ1v) is 9.53. The second kappa shape index (κ2) is 12.9.